The Labute approximate surface area is 148 Å². The zero-order valence-electron chi connectivity index (χ0n) is 15.0. The van der Waals surface area contributed by atoms with Gasteiger partial charge in [0, 0.05) is 24.8 Å². The van der Waals surface area contributed by atoms with Gasteiger partial charge < -0.3 is 5.32 Å². The predicted molar refractivity (Wildman–Crippen MR) is 97.1 cm³/mol. The fraction of sp³-hybridized carbons (Fsp3) is 0.450. The average Bonchev–Trinajstić information content (AvgIpc) is 2.49. The molecule has 1 aromatic heterocycles. The number of pyridine rings is 1. The van der Waals surface area contributed by atoms with E-state index in [4.69, 9.17) is 0 Å². The highest BCUT2D eigenvalue weighted by atomic mass is 19.1. The lowest BCUT2D eigenvalue weighted by atomic mass is 9.91. The first kappa shape index (κ1) is 17.8. The number of nitrogens with one attached hydrogen (secondary N) is 1. The maximum Gasteiger partial charge on any atom is 0.149 e. The first-order chi connectivity index (χ1) is 11.9. The molecule has 0 aliphatic heterocycles. The van der Waals surface area contributed by atoms with Crippen LogP contribution in [-0.2, 0) is 6.54 Å². The summed E-state index contributed by atoms with van der Waals surface area (Å²) in [6, 6.07) is 6.13. The highest BCUT2D eigenvalue weighted by Crippen LogP contribution is 2.29. The molecule has 0 spiro atoms. The van der Waals surface area contributed by atoms with Gasteiger partial charge in [-0.05, 0) is 55.1 Å². The van der Waals surface area contributed by atoms with Gasteiger partial charge in [0.25, 0.3) is 0 Å². The summed E-state index contributed by atoms with van der Waals surface area (Å²) >= 11 is 0. The monoisotopic (exact) mass is 345 g/mol. The van der Waals surface area contributed by atoms with Crippen molar-refractivity contribution in [3.05, 3.63) is 53.2 Å². The van der Waals surface area contributed by atoms with Crippen LogP contribution in [0.4, 0.5) is 20.3 Å². The molecule has 25 heavy (non-hydrogen) atoms. The van der Waals surface area contributed by atoms with Crippen LogP contribution in [0, 0.1) is 11.6 Å². The highest BCUT2D eigenvalue weighted by Gasteiger charge is 2.23. The third-order valence-corrected chi connectivity index (χ3v) is 4.96. The minimum absolute atomic E-state index is 0.225. The van der Waals surface area contributed by atoms with Crippen LogP contribution in [0.3, 0.4) is 0 Å². The molecule has 2 aromatic rings. The van der Waals surface area contributed by atoms with E-state index in [2.05, 4.69) is 36.1 Å². The molecule has 5 heteroatoms. The van der Waals surface area contributed by atoms with E-state index in [9.17, 15) is 8.78 Å². The van der Waals surface area contributed by atoms with Crippen LogP contribution in [-0.4, -0.2) is 23.0 Å². The lowest BCUT2D eigenvalue weighted by molar-refractivity contribution is 0.152. The molecule has 1 fully saturated rings. The molecule has 1 aliphatic carbocycles. The van der Waals surface area contributed by atoms with Crippen LogP contribution in [0.1, 0.15) is 50.2 Å². The molecule has 1 saturated carbocycles. The van der Waals surface area contributed by atoms with Crippen LogP contribution in [0.25, 0.3) is 0 Å². The van der Waals surface area contributed by atoms with Gasteiger partial charge in [-0.1, -0.05) is 20.3 Å². The second-order valence-corrected chi connectivity index (χ2v) is 7.17. The maximum atomic E-state index is 13.8. The van der Waals surface area contributed by atoms with Crippen LogP contribution in [0.5, 0.6) is 0 Å². The second kappa shape index (κ2) is 7.48. The van der Waals surface area contributed by atoms with Crippen molar-refractivity contribution in [3.8, 4) is 0 Å². The van der Waals surface area contributed by atoms with Crippen molar-refractivity contribution in [3.63, 3.8) is 0 Å². The summed E-state index contributed by atoms with van der Waals surface area (Å²) < 4.78 is 26.9. The van der Waals surface area contributed by atoms with E-state index in [0.29, 0.717) is 17.8 Å². The third-order valence-electron chi connectivity index (χ3n) is 4.96. The standard InChI is InChI=1S/C20H25F2N3/c1-13(2)17-10-20(24-19-8-7-15(21)9-18(19)22)23-11-14(17)12-25(3)16-5-4-6-16/h7-11,13,16H,4-6,12H2,1-3H3,(H,23,24). The Hall–Kier alpha value is -2.01. The van der Waals surface area contributed by atoms with E-state index in [-0.39, 0.29) is 5.69 Å². The molecule has 0 unspecified atom stereocenters. The molecule has 134 valence electrons. The van der Waals surface area contributed by atoms with Gasteiger partial charge in [-0.3, -0.25) is 4.90 Å². The number of halogens is 2. The lowest BCUT2D eigenvalue weighted by Crippen LogP contribution is -2.36. The minimum atomic E-state index is -0.623. The minimum Gasteiger partial charge on any atom is -0.338 e. The first-order valence-corrected chi connectivity index (χ1v) is 8.85. The van der Waals surface area contributed by atoms with Crippen molar-refractivity contribution in [2.45, 2.75) is 51.6 Å². The Balaban J connectivity index is 1.80. The van der Waals surface area contributed by atoms with Gasteiger partial charge in [0.2, 0.25) is 0 Å². The zero-order chi connectivity index (χ0) is 18.0. The lowest BCUT2D eigenvalue weighted by Gasteiger charge is -2.35. The Kier molecular flexibility index (Phi) is 5.33. The number of aromatic nitrogens is 1. The summed E-state index contributed by atoms with van der Waals surface area (Å²) in [6.07, 6.45) is 5.72. The normalized spacial score (nSPS) is 14.8. The fourth-order valence-corrected chi connectivity index (χ4v) is 3.19. The summed E-state index contributed by atoms with van der Waals surface area (Å²) in [5, 5.41) is 2.95. The number of benzene rings is 1. The zero-order valence-corrected chi connectivity index (χ0v) is 15.0. The van der Waals surface area contributed by atoms with Crippen LogP contribution < -0.4 is 5.32 Å². The summed E-state index contributed by atoms with van der Waals surface area (Å²) in [5.41, 5.74) is 2.63. The molecular weight excluding hydrogens is 320 g/mol. The van der Waals surface area contributed by atoms with Crippen molar-refractivity contribution < 1.29 is 8.78 Å². The molecular formula is C20H25F2N3. The van der Waals surface area contributed by atoms with Gasteiger partial charge in [-0.25, -0.2) is 13.8 Å². The maximum absolute atomic E-state index is 13.8. The van der Waals surface area contributed by atoms with Crippen LogP contribution in [0.15, 0.2) is 30.5 Å². The second-order valence-electron chi connectivity index (χ2n) is 7.17. The van der Waals surface area contributed by atoms with Gasteiger partial charge in [-0.2, -0.15) is 0 Å². The van der Waals surface area contributed by atoms with E-state index >= 15 is 0 Å². The smallest absolute Gasteiger partial charge is 0.149 e. The van der Waals surface area contributed by atoms with Crippen molar-refractivity contribution in [2.24, 2.45) is 0 Å². The van der Waals surface area contributed by atoms with E-state index in [1.54, 1.807) is 0 Å². The van der Waals surface area contributed by atoms with Crippen molar-refractivity contribution in [2.75, 3.05) is 12.4 Å². The highest BCUT2D eigenvalue weighted by molar-refractivity contribution is 5.58. The number of nitrogens with zero attached hydrogens (tertiary/aromatic N) is 2. The average molecular weight is 345 g/mol. The van der Waals surface area contributed by atoms with Gasteiger partial charge in [0.05, 0.1) is 5.69 Å². The van der Waals surface area contributed by atoms with Gasteiger partial charge >= 0.3 is 0 Å². The molecule has 3 rings (SSSR count). The molecule has 0 saturated heterocycles. The third kappa shape index (κ3) is 4.15. The molecule has 0 atom stereocenters. The Bertz CT molecular complexity index is 742. The first-order valence-electron chi connectivity index (χ1n) is 8.85. The number of hydrogen-bond acceptors (Lipinski definition) is 3. The number of anilines is 2. The quantitative estimate of drug-likeness (QED) is 0.779. The van der Waals surface area contributed by atoms with E-state index in [0.717, 1.165) is 12.6 Å². The van der Waals surface area contributed by atoms with Crippen LogP contribution >= 0.6 is 0 Å². The Morgan fingerprint density at radius 1 is 1.24 bits per heavy atom. The Morgan fingerprint density at radius 2 is 2.00 bits per heavy atom. The number of rotatable bonds is 6. The molecule has 0 bridgehead atoms. The topological polar surface area (TPSA) is 28.2 Å². The molecule has 1 aliphatic rings. The van der Waals surface area contributed by atoms with E-state index in [1.165, 1.54) is 42.5 Å². The summed E-state index contributed by atoms with van der Waals surface area (Å²) in [6.45, 7) is 5.16. The van der Waals surface area contributed by atoms with Crippen molar-refractivity contribution in [1.82, 2.24) is 9.88 Å². The van der Waals surface area contributed by atoms with E-state index in [1.807, 2.05) is 12.3 Å². The van der Waals surface area contributed by atoms with Gasteiger partial charge in [0.1, 0.15) is 17.5 Å². The fourth-order valence-electron chi connectivity index (χ4n) is 3.19. The predicted octanol–water partition coefficient (Wildman–Crippen LogP) is 5.21. The number of hydrogen-bond donors (Lipinski definition) is 1. The molecule has 1 aromatic carbocycles. The molecule has 0 radical (unpaired) electrons. The summed E-state index contributed by atoms with van der Waals surface area (Å²) in [4.78, 5) is 6.83. The van der Waals surface area contributed by atoms with Gasteiger partial charge in [0.15, 0.2) is 0 Å². The Morgan fingerprint density at radius 3 is 2.60 bits per heavy atom. The summed E-state index contributed by atoms with van der Waals surface area (Å²) in [7, 11) is 2.16. The molecule has 3 nitrogen and oxygen atoms in total. The molecule has 0 amide bonds. The van der Waals surface area contributed by atoms with Crippen molar-refractivity contribution in [1.29, 1.82) is 0 Å². The van der Waals surface area contributed by atoms with E-state index < -0.39 is 11.6 Å². The summed E-state index contributed by atoms with van der Waals surface area (Å²) in [5.74, 6) is -0.300. The largest absolute Gasteiger partial charge is 0.338 e. The molecule has 1 N–H and O–H groups in total. The molecule has 1 heterocycles. The van der Waals surface area contributed by atoms with Crippen molar-refractivity contribution >= 4 is 11.5 Å². The SMILES string of the molecule is CC(C)c1cc(Nc2ccc(F)cc2F)ncc1CN(C)C1CCC1. The van der Waals surface area contributed by atoms with Gasteiger partial charge in [-0.15, -0.1) is 0 Å². The van der Waals surface area contributed by atoms with Crippen LogP contribution in [0.2, 0.25) is 0 Å².